The summed E-state index contributed by atoms with van der Waals surface area (Å²) in [6, 6.07) is -0.286. The van der Waals surface area contributed by atoms with E-state index in [1.54, 1.807) is 0 Å². The molecule has 0 aromatic carbocycles. The van der Waals surface area contributed by atoms with E-state index in [0.29, 0.717) is 5.92 Å². The molecule has 15 heavy (non-hydrogen) atoms. The summed E-state index contributed by atoms with van der Waals surface area (Å²) in [6.07, 6.45) is 8.77. The predicted octanol–water partition coefficient (Wildman–Crippen LogP) is 2.02. The minimum atomic E-state index is -0.671. The highest BCUT2D eigenvalue weighted by molar-refractivity contribution is 5.73. The maximum atomic E-state index is 10.9. The number of carboxylic acids is 1. The average Bonchev–Trinajstić information content (AvgIpc) is 2.30. The van der Waals surface area contributed by atoms with Gasteiger partial charge in [-0.1, -0.05) is 32.1 Å². The van der Waals surface area contributed by atoms with Crippen LogP contribution in [-0.2, 0) is 4.79 Å². The van der Waals surface area contributed by atoms with Crippen molar-refractivity contribution in [3.8, 4) is 0 Å². The topological polar surface area (TPSA) is 49.3 Å². The predicted molar refractivity (Wildman–Crippen MR) is 58.7 cm³/mol. The van der Waals surface area contributed by atoms with Gasteiger partial charge in [0.2, 0.25) is 0 Å². The van der Waals surface area contributed by atoms with Crippen LogP contribution in [0.4, 0.5) is 0 Å². The van der Waals surface area contributed by atoms with Gasteiger partial charge in [0, 0.05) is 0 Å². The molecule has 1 saturated heterocycles. The van der Waals surface area contributed by atoms with Crippen LogP contribution in [0.3, 0.4) is 0 Å². The monoisotopic (exact) mass is 211 g/mol. The van der Waals surface area contributed by atoms with Crippen LogP contribution < -0.4 is 5.32 Å². The second-order valence-corrected chi connectivity index (χ2v) is 5.03. The lowest BCUT2D eigenvalue weighted by Gasteiger charge is -2.35. The Balaban J connectivity index is 1.88. The molecule has 2 unspecified atom stereocenters. The highest BCUT2D eigenvalue weighted by Crippen LogP contribution is 2.35. The number of piperidine rings is 1. The van der Waals surface area contributed by atoms with Gasteiger partial charge in [-0.25, -0.2) is 0 Å². The van der Waals surface area contributed by atoms with Gasteiger partial charge in [0.25, 0.3) is 0 Å². The zero-order valence-electron chi connectivity index (χ0n) is 9.24. The Morgan fingerprint density at radius 2 is 1.80 bits per heavy atom. The Hall–Kier alpha value is -0.570. The Morgan fingerprint density at radius 3 is 2.47 bits per heavy atom. The van der Waals surface area contributed by atoms with E-state index in [-0.39, 0.29) is 6.04 Å². The van der Waals surface area contributed by atoms with E-state index in [2.05, 4.69) is 5.32 Å². The van der Waals surface area contributed by atoms with Crippen LogP contribution in [0.1, 0.15) is 44.9 Å². The van der Waals surface area contributed by atoms with Crippen LogP contribution in [0, 0.1) is 11.8 Å². The number of nitrogens with one attached hydrogen (secondary N) is 1. The van der Waals surface area contributed by atoms with Crippen LogP contribution in [0.2, 0.25) is 0 Å². The molecule has 1 aliphatic heterocycles. The molecule has 3 nitrogen and oxygen atoms in total. The standard InChI is InChI=1S/C12H21NO2/c14-12(15)11-8-10(6-7-13-11)9-4-2-1-3-5-9/h9-11,13H,1-8H2,(H,14,15). The van der Waals surface area contributed by atoms with E-state index in [9.17, 15) is 4.79 Å². The molecule has 1 heterocycles. The highest BCUT2D eigenvalue weighted by Gasteiger charge is 2.31. The van der Waals surface area contributed by atoms with Crippen molar-refractivity contribution in [1.82, 2.24) is 5.32 Å². The summed E-state index contributed by atoms with van der Waals surface area (Å²) in [5.41, 5.74) is 0. The Kier molecular flexibility index (Phi) is 3.62. The van der Waals surface area contributed by atoms with Crippen molar-refractivity contribution in [2.24, 2.45) is 11.8 Å². The zero-order chi connectivity index (χ0) is 10.7. The molecule has 86 valence electrons. The molecule has 0 amide bonds. The van der Waals surface area contributed by atoms with E-state index >= 15 is 0 Å². The third-order valence-electron chi connectivity index (χ3n) is 4.06. The molecule has 0 aromatic rings. The highest BCUT2D eigenvalue weighted by atomic mass is 16.4. The molecular weight excluding hydrogens is 190 g/mol. The van der Waals surface area contributed by atoms with E-state index < -0.39 is 5.97 Å². The molecule has 1 aliphatic carbocycles. The van der Waals surface area contributed by atoms with Crippen molar-refractivity contribution in [3.05, 3.63) is 0 Å². The molecule has 0 spiro atoms. The molecule has 2 rings (SSSR count). The molecule has 2 atom stereocenters. The third kappa shape index (κ3) is 2.71. The van der Waals surface area contributed by atoms with Crippen molar-refractivity contribution >= 4 is 5.97 Å². The molecule has 2 fully saturated rings. The molecule has 2 aliphatic rings. The number of hydrogen-bond acceptors (Lipinski definition) is 2. The van der Waals surface area contributed by atoms with Gasteiger partial charge in [0.05, 0.1) is 0 Å². The van der Waals surface area contributed by atoms with Crippen LogP contribution in [-0.4, -0.2) is 23.7 Å². The molecule has 1 saturated carbocycles. The van der Waals surface area contributed by atoms with Crippen LogP contribution in [0.15, 0.2) is 0 Å². The smallest absolute Gasteiger partial charge is 0.320 e. The van der Waals surface area contributed by atoms with Crippen molar-refractivity contribution in [2.75, 3.05) is 6.54 Å². The lowest BCUT2D eigenvalue weighted by Crippen LogP contribution is -2.45. The lowest BCUT2D eigenvalue weighted by molar-refractivity contribution is -0.140. The SMILES string of the molecule is O=C(O)C1CC(C2CCCCC2)CCN1. The maximum absolute atomic E-state index is 10.9. The second-order valence-electron chi connectivity index (χ2n) is 5.03. The van der Waals surface area contributed by atoms with E-state index in [1.807, 2.05) is 0 Å². The van der Waals surface area contributed by atoms with Gasteiger partial charge in [-0.05, 0) is 31.2 Å². The fraction of sp³-hybridized carbons (Fsp3) is 0.917. The van der Waals surface area contributed by atoms with Crippen LogP contribution in [0.5, 0.6) is 0 Å². The average molecular weight is 211 g/mol. The normalized spacial score (nSPS) is 33.9. The van der Waals surface area contributed by atoms with Gasteiger partial charge >= 0.3 is 5.97 Å². The minimum absolute atomic E-state index is 0.286. The number of aliphatic carboxylic acids is 1. The number of rotatable bonds is 2. The summed E-state index contributed by atoms with van der Waals surface area (Å²) < 4.78 is 0. The summed E-state index contributed by atoms with van der Waals surface area (Å²) in [7, 11) is 0. The molecule has 0 bridgehead atoms. The summed E-state index contributed by atoms with van der Waals surface area (Å²) >= 11 is 0. The van der Waals surface area contributed by atoms with Crippen molar-refractivity contribution < 1.29 is 9.90 Å². The molecule has 3 heteroatoms. The summed E-state index contributed by atoms with van der Waals surface area (Å²) in [4.78, 5) is 10.9. The van der Waals surface area contributed by atoms with Gasteiger partial charge < -0.3 is 10.4 Å². The number of hydrogen-bond donors (Lipinski definition) is 2. The van der Waals surface area contributed by atoms with E-state index in [0.717, 1.165) is 18.9 Å². The first-order valence-electron chi connectivity index (χ1n) is 6.23. The van der Waals surface area contributed by atoms with E-state index in [4.69, 9.17) is 5.11 Å². The van der Waals surface area contributed by atoms with Gasteiger partial charge in [0.1, 0.15) is 6.04 Å². The molecule has 0 radical (unpaired) electrons. The molecule has 0 aromatic heterocycles. The largest absolute Gasteiger partial charge is 0.480 e. The molecule has 2 N–H and O–H groups in total. The summed E-state index contributed by atoms with van der Waals surface area (Å²) in [5.74, 6) is 0.797. The van der Waals surface area contributed by atoms with Crippen LogP contribution in [0.25, 0.3) is 0 Å². The Labute approximate surface area is 91.2 Å². The summed E-state index contributed by atoms with van der Waals surface area (Å²) in [5, 5.41) is 12.1. The van der Waals surface area contributed by atoms with E-state index in [1.165, 1.54) is 38.5 Å². The first-order chi connectivity index (χ1) is 7.27. The Morgan fingerprint density at radius 1 is 1.07 bits per heavy atom. The third-order valence-corrected chi connectivity index (χ3v) is 4.06. The summed E-state index contributed by atoms with van der Waals surface area (Å²) in [6.45, 7) is 0.887. The minimum Gasteiger partial charge on any atom is -0.480 e. The van der Waals surface area contributed by atoms with Gasteiger partial charge in [-0.15, -0.1) is 0 Å². The van der Waals surface area contributed by atoms with Crippen molar-refractivity contribution in [3.63, 3.8) is 0 Å². The fourth-order valence-corrected chi connectivity index (χ4v) is 3.17. The lowest BCUT2D eigenvalue weighted by atomic mass is 9.74. The first-order valence-corrected chi connectivity index (χ1v) is 6.23. The van der Waals surface area contributed by atoms with Gasteiger partial charge in [-0.3, -0.25) is 4.79 Å². The van der Waals surface area contributed by atoms with Gasteiger partial charge in [-0.2, -0.15) is 0 Å². The van der Waals surface area contributed by atoms with Crippen LogP contribution >= 0.6 is 0 Å². The fourth-order valence-electron chi connectivity index (χ4n) is 3.17. The maximum Gasteiger partial charge on any atom is 0.320 e. The second kappa shape index (κ2) is 4.97. The first kappa shape index (κ1) is 10.9. The quantitative estimate of drug-likeness (QED) is 0.734. The Bertz CT molecular complexity index is 224. The number of carboxylic acid groups (broad SMARTS) is 1. The van der Waals surface area contributed by atoms with Crippen molar-refractivity contribution in [2.45, 2.75) is 51.0 Å². The van der Waals surface area contributed by atoms with Gasteiger partial charge in [0.15, 0.2) is 0 Å². The molecular formula is C12H21NO2. The zero-order valence-corrected chi connectivity index (χ0v) is 9.24. The van der Waals surface area contributed by atoms with Crippen molar-refractivity contribution in [1.29, 1.82) is 0 Å². The number of carbonyl (C=O) groups is 1.